The van der Waals surface area contributed by atoms with Crippen LogP contribution in [0.15, 0.2) is 16.6 Å². The normalized spacial score (nSPS) is 21.3. The molecule has 0 spiro atoms. The van der Waals surface area contributed by atoms with Gasteiger partial charge in [0.1, 0.15) is 5.75 Å². The number of halogens is 1. The summed E-state index contributed by atoms with van der Waals surface area (Å²) >= 11 is 3.48. The van der Waals surface area contributed by atoms with E-state index in [1.165, 1.54) is 5.56 Å². The molecule has 4 heteroatoms. The van der Waals surface area contributed by atoms with Crippen molar-refractivity contribution in [2.75, 3.05) is 6.61 Å². The fraction of sp³-hybridized carbons (Fsp3) is 0.571. The van der Waals surface area contributed by atoms with Crippen molar-refractivity contribution < 1.29 is 14.9 Å². The van der Waals surface area contributed by atoms with Gasteiger partial charge in [-0.15, -0.1) is 0 Å². The zero-order valence-corrected chi connectivity index (χ0v) is 11.7. The molecule has 1 saturated carbocycles. The van der Waals surface area contributed by atoms with Gasteiger partial charge in [0.15, 0.2) is 0 Å². The van der Waals surface area contributed by atoms with Gasteiger partial charge in [-0.05, 0) is 42.0 Å². The van der Waals surface area contributed by atoms with E-state index in [-0.39, 0.29) is 0 Å². The SMILES string of the molecule is OC(Cc1cc(Br)cc2c1OCC2)C(O)C1CC1. The second-order valence-electron chi connectivity index (χ2n) is 5.25. The molecule has 0 aromatic heterocycles. The maximum absolute atomic E-state index is 10.1. The second-order valence-corrected chi connectivity index (χ2v) is 6.17. The first-order chi connectivity index (χ1) is 8.65. The van der Waals surface area contributed by atoms with Crippen molar-refractivity contribution in [1.82, 2.24) is 0 Å². The molecule has 0 amide bonds. The van der Waals surface area contributed by atoms with E-state index in [1.54, 1.807) is 0 Å². The number of aliphatic hydroxyl groups excluding tert-OH is 2. The quantitative estimate of drug-likeness (QED) is 0.894. The van der Waals surface area contributed by atoms with E-state index in [9.17, 15) is 10.2 Å². The molecule has 3 rings (SSSR count). The highest BCUT2D eigenvalue weighted by Crippen LogP contribution is 2.37. The van der Waals surface area contributed by atoms with Crippen LogP contribution in [-0.4, -0.2) is 29.0 Å². The Morgan fingerprint density at radius 2 is 2.11 bits per heavy atom. The van der Waals surface area contributed by atoms with Crippen LogP contribution in [0.2, 0.25) is 0 Å². The molecule has 3 nitrogen and oxygen atoms in total. The monoisotopic (exact) mass is 312 g/mol. The highest BCUT2D eigenvalue weighted by molar-refractivity contribution is 9.10. The van der Waals surface area contributed by atoms with Gasteiger partial charge in [0.05, 0.1) is 18.8 Å². The Balaban J connectivity index is 1.79. The van der Waals surface area contributed by atoms with Crippen LogP contribution in [0.3, 0.4) is 0 Å². The van der Waals surface area contributed by atoms with Crippen molar-refractivity contribution in [3.05, 3.63) is 27.7 Å². The van der Waals surface area contributed by atoms with Gasteiger partial charge in [0, 0.05) is 17.3 Å². The van der Waals surface area contributed by atoms with E-state index in [4.69, 9.17) is 4.74 Å². The topological polar surface area (TPSA) is 49.7 Å². The van der Waals surface area contributed by atoms with Crippen molar-refractivity contribution in [3.8, 4) is 5.75 Å². The van der Waals surface area contributed by atoms with Gasteiger partial charge >= 0.3 is 0 Å². The van der Waals surface area contributed by atoms with Crippen LogP contribution in [0.1, 0.15) is 24.0 Å². The molecular formula is C14H17BrO3. The summed E-state index contributed by atoms with van der Waals surface area (Å²) in [7, 11) is 0. The van der Waals surface area contributed by atoms with Crippen molar-refractivity contribution in [2.45, 2.75) is 37.9 Å². The van der Waals surface area contributed by atoms with Crippen LogP contribution in [0, 0.1) is 5.92 Å². The Bertz CT molecular complexity index is 457. The zero-order chi connectivity index (χ0) is 12.7. The van der Waals surface area contributed by atoms with Gasteiger partial charge < -0.3 is 14.9 Å². The molecule has 2 N–H and O–H groups in total. The van der Waals surface area contributed by atoms with E-state index >= 15 is 0 Å². The molecule has 0 saturated heterocycles. The summed E-state index contributed by atoms with van der Waals surface area (Å²) in [6.07, 6.45) is 2.15. The molecule has 0 bridgehead atoms. The fourth-order valence-electron chi connectivity index (χ4n) is 2.60. The maximum atomic E-state index is 10.1. The van der Waals surface area contributed by atoms with Gasteiger partial charge in [0.25, 0.3) is 0 Å². The predicted octanol–water partition coefficient (Wildman–Crippen LogP) is 2.06. The number of aliphatic hydroxyl groups is 2. The number of ether oxygens (including phenoxy) is 1. The first kappa shape index (κ1) is 12.5. The molecule has 1 fully saturated rings. The molecule has 98 valence electrons. The highest BCUT2D eigenvalue weighted by atomic mass is 79.9. The van der Waals surface area contributed by atoms with Gasteiger partial charge in [0.2, 0.25) is 0 Å². The third-order valence-electron chi connectivity index (χ3n) is 3.75. The third-order valence-corrected chi connectivity index (χ3v) is 4.21. The van der Waals surface area contributed by atoms with Crippen molar-refractivity contribution in [2.24, 2.45) is 5.92 Å². The van der Waals surface area contributed by atoms with E-state index in [2.05, 4.69) is 22.0 Å². The molecule has 1 aromatic carbocycles. The minimum atomic E-state index is -0.694. The minimum Gasteiger partial charge on any atom is -0.493 e. The van der Waals surface area contributed by atoms with E-state index < -0.39 is 12.2 Å². The van der Waals surface area contributed by atoms with Crippen LogP contribution in [0.5, 0.6) is 5.75 Å². The van der Waals surface area contributed by atoms with Crippen LogP contribution in [-0.2, 0) is 12.8 Å². The molecule has 1 aliphatic heterocycles. The first-order valence-electron chi connectivity index (χ1n) is 6.45. The van der Waals surface area contributed by atoms with Crippen molar-refractivity contribution >= 4 is 15.9 Å². The molecular weight excluding hydrogens is 296 g/mol. The second kappa shape index (κ2) is 4.83. The first-order valence-corrected chi connectivity index (χ1v) is 7.24. The van der Waals surface area contributed by atoms with Crippen molar-refractivity contribution in [3.63, 3.8) is 0 Å². The summed E-state index contributed by atoms with van der Waals surface area (Å²) < 4.78 is 6.64. The Labute approximate surface area is 115 Å². The standard InChI is InChI=1S/C14H17BrO3/c15-11-5-9-3-4-18-14(9)10(6-11)7-12(16)13(17)8-1-2-8/h5-6,8,12-13,16-17H,1-4,7H2. The van der Waals surface area contributed by atoms with E-state index in [0.717, 1.165) is 35.0 Å². The Morgan fingerprint density at radius 3 is 2.83 bits per heavy atom. The van der Waals surface area contributed by atoms with Crippen LogP contribution in [0.25, 0.3) is 0 Å². The van der Waals surface area contributed by atoms with Gasteiger partial charge in [-0.2, -0.15) is 0 Å². The van der Waals surface area contributed by atoms with E-state index in [1.807, 2.05) is 6.07 Å². The summed E-state index contributed by atoms with van der Waals surface area (Å²) in [6, 6.07) is 4.04. The number of fused-ring (bicyclic) bond motifs is 1. The molecule has 2 atom stereocenters. The third kappa shape index (κ3) is 2.42. The maximum Gasteiger partial charge on any atom is 0.125 e. The number of hydrogen-bond acceptors (Lipinski definition) is 3. The largest absolute Gasteiger partial charge is 0.493 e. The molecule has 1 heterocycles. The van der Waals surface area contributed by atoms with E-state index in [0.29, 0.717) is 18.9 Å². The van der Waals surface area contributed by atoms with Crippen LogP contribution in [0.4, 0.5) is 0 Å². The summed E-state index contributed by atoms with van der Waals surface area (Å²) in [6.45, 7) is 0.708. The molecule has 0 radical (unpaired) electrons. The lowest BCUT2D eigenvalue weighted by Gasteiger charge is -2.18. The van der Waals surface area contributed by atoms with Gasteiger partial charge in [-0.3, -0.25) is 0 Å². The molecule has 1 aromatic rings. The Kier molecular flexibility index (Phi) is 3.34. The van der Waals surface area contributed by atoms with Crippen LogP contribution < -0.4 is 4.74 Å². The van der Waals surface area contributed by atoms with Gasteiger partial charge in [-0.1, -0.05) is 15.9 Å². The molecule has 2 aliphatic rings. The Morgan fingerprint density at radius 1 is 1.33 bits per heavy atom. The molecule has 2 unspecified atom stereocenters. The van der Waals surface area contributed by atoms with Gasteiger partial charge in [-0.25, -0.2) is 0 Å². The average Bonchev–Trinajstić information content (AvgIpc) is 3.07. The number of hydrogen-bond donors (Lipinski definition) is 2. The fourth-order valence-corrected chi connectivity index (χ4v) is 3.15. The highest BCUT2D eigenvalue weighted by Gasteiger charge is 2.35. The lowest BCUT2D eigenvalue weighted by atomic mass is 9.98. The summed E-state index contributed by atoms with van der Waals surface area (Å²) in [5, 5.41) is 20.0. The molecule has 18 heavy (non-hydrogen) atoms. The molecule has 1 aliphatic carbocycles. The predicted molar refractivity (Wildman–Crippen MR) is 71.8 cm³/mol. The minimum absolute atomic E-state index is 0.293. The van der Waals surface area contributed by atoms with Crippen LogP contribution >= 0.6 is 15.9 Å². The smallest absolute Gasteiger partial charge is 0.125 e. The Hall–Kier alpha value is -0.580. The van der Waals surface area contributed by atoms with Crippen molar-refractivity contribution in [1.29, 1.82) is 0 Å². The number of benzene rings is 1. The summed E-state index contributed by atoms with van der Waals surface area (Å²) in [5.74, 6) is 1.20. The summed E-state index contributed by atoms with van der Waals surface area (Å²) in [4.78, 5) is 0. The summed E-state index contributed by atoms with van der Waals surface area (Å²) in [5.41, 5.74) is 2.18. The lowest BCUT2D eigenvalue weighted by molar-refractivity contribution is 0.00646. The average molecular weight is 313 g/mol. The zero-order valence-electron chi connectivity index (χ0n) is 10.1. The lowest BCUT2D eigenvalue weighted by Crippen LogP contribution is -2.29. The number of rotatable bonds is 4.